The maximum atomic E-state index is 4.22. The Kier molecular flexibility index (Phi) is 4.51. The van der Waals surface area contributed by atoms with E-state index in [0.717, 1.165) is 19.1 Å². The molecule has 3 nitrogen and oxygen atoms in total. The molecule has 0 saturated carbocycles. The molecule has 0 aromatic carbocycles. The summed E-state index contributed by atoms with van der Waals surface area (Å²) in [6.45, 7) is 8.90. The molecule has 1 aliphatic heterocycles. The summed E-state index contributed by atoms with van der Waals surface area (Å²) in [6.07, 6.45) is 6.42. The molecule has 0 atom stereocenters. The van der Waals surface area contributed by atoms with Crippen LogP contribution in [-0.4, -0.2) is 35.6 Å². The second-order valence-corrected chi connectivity index (χ2v) is 4.91. The molecule has 2 rings (SSSR count). The van der Waals surface area contributed by atoms with E-state index in [1.165, 1.54) is 37.1 Å². The van der Waals surface area contributed by atoms with Crippen molar-refractivity contribution in [1.82, 2.24) is 15.2 Å². The van der Waals surface area contributed by atoms with Crippen LogP contribution in [0.4, 0.5) is 0 Å². The van der Waals surface area contributed by atoms with Gasteiger partial charge in [-0.05, 0) is 56.6 Å². The number of aryl methyl sites for hydroxylation is 1. The first-order valence-electron chi connectivity index (χ1n) is 6.65. The first-order valence-corrected chi connectivity index (χ1v) is 6.65. The van der Waals surface area contributed by atoms with Gasteiger partial charge < -0.3 is 5.32 Å². The Morgan fingerprint density at radius 1 is 1.41 bits per heavy atom. The van der Waals surface area contributed by atoms with Crippen molar-refractivity contribution in [3.05, 3.63) is 29.6 Å². The summed E-state index contributed by atoms with van der Waals surface area (Å²) in [6, 6.07) is 2.83. The largest absolute Gasteiger partial charge is 0.314 e. The molecule has 0 bridgehead atoms. The van der Waals surface area contributed by atoms with E-state index >= 15 is 0 Å². The molecule has 0 spiro atoms. The van der Waals surface area contributed by atoms with Crippen molar-refractivity contribution in [2.45, 2.75) is 39.3 Å². The number of piperidine rings is 1. The molecule has 1 aliphatic rings. The lowest BCUT2D eigenvalue weighted by atomic mass is 10.0. The molecule has 1 fully saturated rings. The highest BCUT2D eigenvalue weighted by atomic mass is 15.1. The summed E-state index contributed by atoms with van der Waals surface area (Å²) in [5, 5.41) is 3.54. The van der Waals surface area contributed by atoms with Crippen molar-refractivity contribution >= 4 is 0 Å². The van der Waals surface area contributed by atoms with Gasteiger partial charge in [0.05, 0.1) is 0 Å². The summed E-state index contributed by atoms with van der Waals surface area (Å²) in [7, 11) is 0. The first kappa shape index (κ1) is 12.5. The van der Waals surface area contributed by atoms with Crippen LogP contribution in [0.5, 0.6) is 0 Å². The zero-order valence-corrected chi connectivity index (χ0v) is 10.9. The van der Waals surface area contributed by atoms with Crippen molar-refractivity contribution in [3.8, 4) is 0 Å². The van der Waals surface area contributed by atoms with Gasteiger partial charge >= 0.3 is 0 Å². The zero-order chi connectivity index (χ0) is 12.1. The van der Waals surface area contributed by atoms with Gasteiger partial charge in [-0.25, -0.2) is 0 Å². The second kappa shape index (κ2) is 6.12. The minimum atomic E-state index is 0.728. The molecular formula is C14H23N3. The predicted octanol–water partition coefficient (Wildman–Crippen LogP) is 1.96. The van der Waals surface area contributed by atoms with Crippen LogP contribution in [0.15, 0.2) is 18.5 Å². The molecular weight excluding hydrogens is 210 g/mol. The van der Waals surface area contributed by atoms with E-state index in [2.05, 4.69) is 35.1 Å². The molecule has 2 heterocycles. The summed E-state index contributed by atoms with van der Waals surface area (Å²) < 4.78 is 0. The van der Waals surface area contributed by atoms with Crippen LogP contribution in [-0.2, 0) is 6.54 Å². The number of hydrogen-bond donors (Lipinski definition) is 1. The Balaban J connectivity index is 1.84. The average molecular weight is 233 g/mol. The van der Waals surface area contributed by atoms with Crippen molar-refractivity contribution < 1.29 is 0 Å². The summed E-state index contributed by atoms with van der Waals surface area (Å²) in [4.78, 5) is 6.76. The number of pyridine rings is 1. The standard InChI is InChI=1S/C14H23N3/c1-3-16-14-5-8-17(9-6-14)11-13-10-15-7-4-12(13)2/h4,7,10,14,16H,3,5-6,8-9,11H2,1-2H3. The second-order valence-electron chi connectivity index (χ2n) is 4.91. The van der Waals surface area contributed by atoms with Crippen molar-refractivity contribution in [2.75, 3.05) is 19.6 Å². The number of nitrogens with zero attached hydrogens (tertiary/aromatic N) is 2. The highest BCUT2D eigenvalue weighted by Crippen LogP contribution is 2.15. The van der Waals surface area contributed by atoms with E-state index < -0.39 is 0 Å². The Morgan fingerprint density at radius 2 is 2.18 bits per heavy atom. The molecule has 3 heteroatoms. The van der Waals surface area contributed by atoms with Crippen LogP contribution in [0, 0.1) is 6.92 Å². The average Bonchev–Trinajstić information content (AvgIpc) is 2.35. The van der Waals surface area contributed by atoms with Crippen LogP contribution >= 0.6 is 0 Å². The molecule has 1 aromatic heterocycles. The highest BCUT2D eigenvalue weighted by molar-refractivity contribution is 5.21. The molecule has 0 amide bonds. The lowest BCUT2D eigenvalue weighted by molar-refractivity contribution is 0.191. The number of likely N-dealkylation sites (tertiary alicyclic amines) is 1. The van der Waals surface area contributed by atoms with Crippen molar-refractivity contribution in [1.29, 1.82) is 0 Å². The third-order valence-corrected chi connectivity index (χ3v) is 3.62. The number of rotatable bonds is 4. The summed E-state index contributed by atoms with van der Waals surface area (Å²) >= 11 is 0. The van der Waals surface area contributed by atoms with Gasteiger partial charge in [-0.1, -0.05) is 6.92 Å². The number of hydrogen-bond acceptors (Lipinski definition) is 3. The van der Waals surface area contributed by atoms with Crippen LogP contribution < -0.4 is 5.32 Å². The number of aromatic nitrogens is 1. The van der Waals surface area contributed by atoms with Crippen LogP contribution in [0.3, 0.4) is 0 Å². The Bertz CT molecular complexity index is 343. The van der Waals surface area contributed by atoms with E-state index in [1.807, 2.05) is 12.4 Å². The van der Waals surface area contributed by atoms with Gasteiger partial charge in [0.1, 0.15) is 0 Å². The lowest BCUT2D eigenvalue weighted by Gasteiger charge is -2.32. The van der Waals surface area contributed by atoms with E-state index in [9.17, 15) is 0 Å². The summed E-state index contributed by atoms with van der Waals surface area (Å²) in [5.74, 6) is 0. The van der Waals surface area contributed by atoms with Crippen LogP contribution in [0.2, 0.25) is 0 Å². The van der Waals surface area contributed by atoms with E-state index in [0.29, 0.717) is 0 Å². The van der Waals surface area contributed by atoms with Gasteiger partial charge in [-0.3, -0.25) is 9.88 Å². The quantitative estimate of drug-likeness (QED) is 0.861. The molecule has 17 heavy (non-hydrogen) atoms. The Hall–Kier alpha value is -0.930. The van der Waals surface area contributed by atoms with Gasteiger partial charge in [-0.15, -0.1) is 0 Å². The van der Waals surface area contributed by atoms with Gasteiger partial charge in [0.15, 0.2) is 0 Å². The van der Waals surface area contributed by atoms with Gasteiger partial charge in [0.25, 0.3) is 0 Å². The fourth-order valence-corrected chi connectivity index (χ4v) is 2.49. The zero-order valence-electron chi connectivity index (χ0n) is 10.9. The number of nitrogens with one attached hydrogen (secondary N) is 1. The molecule has 0 aliphatic carbocycles. The van der Waals surface area contributed by atoms with Gasteiger partial charge in [-0.2, -0.15) is 0 Å². The minimum Gasteiger partial charge on any atom is -0.314 e. The summed E-state index contributed by atoms with van der Waals surface area (Å²) in [5.41, 5.74) is 2.73. The third-order valence-electron chi connectivity index (χ3n) is 3.62. The molecule has 94 valence electrons. The predicted molar refractivity (Wildman–Crippen MR) is 70.9 cm³/mol. The van der Waals surface area contributed by atoms with E-state index in [4.69, 9.17) is 0 Å². The van der Waals surface area contributed by atoms with Gasteiger partial charge in [0, 0.05) is 25.0 Å². The maximum absolute atomic E-state index is 4.22. The fourth-order valence-electron chi connectivity index (χ4n) is 2.49. The highest BCUT2D eigenvalue weighted by Gasteiger charge is 2.18. The molecule has 0 unspecified atom stereocenters. The van der Waals surface area contributed by atoms with E-state index in [1.54, 1.807) is 0 Å². The molecule has 1 N–H and O–H groups in total. The fraction of sp³-hybridized carbons (Fsp3) is 0.643. The third kappa shape index (κ3) is 3.51. The Morgan fingerprint density at radius 3 is 2.82 bits per heavy atom. The lowest BCUT2D eigenvalue weighted by Crippen LogP contribution is -2.42. The van der Waals surface area contributed by atoms with E-state index in [-0.39, 0.29) is 0 Å². The van der Waals surface area contributed by atoms with Gasteiger partial charge in [0.2, 0.25) is 0 Å². The topological polar surface area (TPSA) is 28.2 Å². The smallest absolute Gasteiger partial charge is 0.0315 e. The van der Waals surface area contributed by atoms with Crippen LogP contribution in [0.25, 0.3) is 0 Å². The monoisotopic (exact) mass is 233 g/mol. The normalized spacial score (nSPS) is 18.5. The molecule has 1 saturated heterocycles. The van der Waals surface area contributed by atoms with Crippen LogP contribution in [0.1, 0.15) is 30.9 Å². The van der Waals surface area contributed by atoms with Crippen molar-refractivity contribution in [2.24, 2.45) is 0 Å². The maximum Gasteiger partial charge on any atom is 0.0315 e. The Labute approximate surface area is 104 Å². The first-order chi connectivity index (χ1) is 8.29. The molecule has 1 aromatic rings. The molecule has 0 radical (unpaired) electrons. The SMILES string of the molecule is CCNC1CCN(Cc2cnccc2C)CC1. The van der Waals surface area contributed by atoms with Crippen molar-refractivity contribution in [3.63, 3.8) is 0 Å². The minimum absolute atomic E-state index is 0.728.